The first-order valence-electron chi connectivity index (χ1n) is 20.1. The summed E-state index contributed by atoms with van der Waals surface area (Å²) in [4.78, 5) is 4.97. The number of alkyl halides is 1. The first kappa shape index (κ1) is 55.8. The standard InChI is InChI=1S/C39H59BrN2.C8H14.C2H6.CH3Br/c1-12-18-19-24-36(17-6)41(30-31(7)29-33(21-13-2)39(9,10)11)37-25-27-38(28-26-37)42(35(15-4)16-5)32(8)22-20-23-34(40)14-3;1-6-7(2)8(3,4)5;2*1-2/h12,14-15,17,20-22,25-29,32H,1,13,16,18-19,23-24,30H2,2-11H3;6H,1-2H2,3-5H3;1-2H3;1H3/b22-20-,31-29-,33-21+,34-14+,35-15-,36-17+;;;. The summed E-state index contributed by atoms with van der Waals surface area (Å²) in [5.41, 5.74) is 9.33. The number of hydrogen-bond donors (Lipinski definition) is 0. The van der Waals surface area contributed by atoms with Crippen molar-refractivity contribution >= 4 is 43.2 Å². The van der Waals surface area contributed by atoms with Gasteiger partial charge >= 0.3 is 0 Å². The van der Waals surface area contributed by atoms with Crippen LogP contribution in [0.15, 0.2) is 131 Å². The number of benzene rings is 1. The second-order valence-corrected chi connectivity index (χ2v) is 16.0. The molecule has 306 valence electrons. The molecule has 2 nitrogen and oxygen atoms in total. The number of halogens is 2. The van der Waals surface area contributed by atoms with Crippen molar-refractivity contribution in [2.45, 2.75) is 148 Å². The van der Waals surface area contributed by atoms with Crippen LogP contribution in [-0.2, 0) is 0 Å². The van der Waals surface area contributed by atoms with Crippen molar-refractivity contribution in [2.24, 2.45) is 10.8 Å². The van der Waals surface area contributed by atoms with Gasteiger partial charge in [-0.1, -0.05) is 180 Å². The maximum atomic E-state index is 3.94. The summed E-state index contributed by atoms with van der Waals surface area (Å²) in [6.07, 6.45) is 25.9. The summed E-state index contributed by atoms with van der Waals surface area (Å²) >= 11 is 6.57. The molecule has 0 amide bonds. The van der Waals surface area contributed by atoms with E-state index in [1.807, 2.05) is 25.8 Å². The monoisotopic (exact) mass is 868 g/mol. The Kier molecular flexibility index (Phi) is 32.7. The van der Waals surface area contributed by atoms with E-state index in [-0.39, 0.29) is 16.9 Å². The highest BCUT2D eigenvalue weighted by Crippen LogP contribution is 2.32. The predicted molar refractivity (Wildman–Crippen MR) is 261 cm³/mol. The van der Waals surface area contributed by atoms with Crippen molar-refractivity contribution in [3.05, 3.63) is 131 Å². The van der Waals surface area contributed by atoms with Crippen molar-refractivity contribution in [3.8, 4) is 0 Å². The van der Waals surface area contributed by atoms with Gasteiger partial charge in [0, 0.05) is 35.4 Å². The second-order valence-electron chi connectivity index (χ2n) is 15.0. The maximum Gasteiger partial charge on any atom is 0.0490 e. The fraction of sp³-hybridized carbons (Fsp3) is 0.520. The van der Waals surface area contributed by atoms with Gasteiger partial charge in [0.25, 0.3) is 0 Å². The molecule has 4 heteroatoms. The lowest BCUT2D eigenvalue weighted by atomic mass is 9.84. The Labute approximate surface area is 354 Å². The van der Waals surface area contributed by atoms with Crippen LogP contribution < -0.4 is 9.80 Å². The van der Waals surface area contributed by atoms with E-state index in [1.54, 1.807) is 6.08 Å². The molecule has 0 heterocycles. The van der Waals surface area contributed by atoms with E-state index in [9.17, 15) is 0 Å². The summed E-state index contributed by atoms with van der Waals surface area (Å²) in [7, 11) is 0. The fourth-order valence-corrected chi connectivity index (χ4v) is 5.63. The van der Waals surface area contributed by atoms with Crippen LogP contribution in [0.1, 0.15) is 142 Å². The van der Waals surface area contributed by atoms with Crippen LogP contribution >= 0.6 is 31.9 Å². The van der Waals surface area contributed by atoms with Crippen molar-refractivity contribution in [3.63, 3.8) is 0 Å². The number of nitrogens with zero attached hydrogens (tertiary/aromatic N) is 2. The molecule has 0 radical (unpaired) electrons. The molecule has 0 aliphatic carbocycles. The quantitative estimate of drug-likeness (QED) is 0.0628. The van der Waals surface area contributed by atoms with Crippen molar-refractivity contribution in [1.82, 2.24) is 0 Å². The van der Waals surface area contributed by atoms with E-state index in [4.69, 9.17) is 0 Å². The number of rotatable bonds is 18. The molecular formula is C50H82Br2N2. The van der Waals surface area contributed by atoms with Gasteiger partial charge in [0.2, 0.25) is 0 Å². The Bertz CT molecular complexity index is 1370. The minimum atomic E-state index is 0.123. The molecule has 1 aromatic carbocycles. The van der Waals surface area contributed by atoms with E-state index in [0.717, 1.165) is 50.6 Å². The summed E-state index contributed by atoms with van der Waals surface area (Å²) in [5, 5.41) is 0. The lowest BCUT2D eigenvalue weighted by Crippen LogP contribution is -2.31. The minimum Gasteiger partial charge on any atom is -0.341 e. The van der Waals surface area contributed by atoms with Gasteiger partial charge in [-0.25, -0.2) is 0 Å². The van der Waals surface area contributed by atoms with Crippen LogP contribution in [0.25, 0.3) is 0 Å². The van der Waals surface area contributed by atoms with E-state index in [1.165, 1.54) is 38.4 Å². The zero-order valence-corrected chi connectivity index (χ0v) is 41.0. The number of unbranched alkanes of at least 4 members (excludes halogenated alkanes) is 1. The van der Waals surface area contributed by atoms with Crippen molar-refractivity contribution in [1.29, 1.82) is 0 Å². The Balaban J connectivity index is -0.00000188. The van der Waals surface area contributed by atoms with Gasteiger partial charge in [0.1, 0.15) is 0 Å². The zero-order valence-electron chi connectivity index (χ0n) is 37.8. The molecule has 1 aromatic rings. The SMILES string of the molecule is C=CC(=C)C(C)(C)C.C=CCCC/C(=C\C)N(C/C(C)=C\C(=C/CC)C(C)(C)C)c1ccc(N(/C(=C\C)CC)C(C)/C=C\C/C(Br)=C\C)cc1.CBr.CC. The average molecular weight is 871 g/mol. The van der Waals surface area contributed by atoms with Gasteiger partial charge in [-0.05, 0) is 124 Å². The lowest BCUT2D eigenvalue weighted by molar-refractivity contribution is 0.514. The molecular weight excluding hydrogens is 788 g/mol. The molecule has 1 unspecified atom stereocenters. The molecule has 0 saturated heterocycles. The van der Waals surface area contributed by atoms with Crippen LogP contribution in [0.3, 0.4) is 0 Å². The van der Waals surface area contributed by atoms with E-state index in [0.29, 0.717) is 0 Å². The van der Waals surface area contributed by atoms with Crippen LogP contribution in [-0.4, -0.2) is 18.4 Å². The van der Waals surface area contributed by atoms with E-state index < -0.39 is 0 Å². The lowest BCUT2D eigenvalue weighted by Gasteiger charge is -2.33. The Morgan fingerprint density at radius 3 is 1.78 bits per heavy atom. The highest BCUT2D eigenvalue weighted by atomic mass is 79.9. The second kappa shape index (κ2) is 31.6. The molecule has 0 aliphatic heterocycles. The molecule has 0 N–H and O–H groups in total. The summed E-state index contributed by atoms with van der Waals surface area (Å²) in [6.45, 7) is 44.9. The highest BCUT2D eigenvalue weighted by molar-refractivity contribution is 9.11. The first-order valence-corrected chi connectivity index (χ1v) is 22.5. The van der Waals surface area contributed by atoms with Crippen LogP contribution in [0, 0.1) is 10.8 Å². The van der Waals surface area contributed by atoms with E-state index in [2.05, 4.69) is 218 Å². The smallest absolute Gasteiger partial charge is 0.0490 e. The minimum absolute atomic E-state index is 0.123. The van der Waals surface area contributed by atoms with E-state index >= 15 is 0 Å². The number of allylic oxidation sites excluding steroid dienone is 13. The molecule has 1 rings (SSSR count). The van der Waals surface area contributed by atoms with Gasteiger partial charge in [0.15, 0.2) is 0 Å². The molecule has 0 spiro atoms. The number of anilines is 2. The molecule has 1 atom stereocenters. The van der Waals surface area contributed by atoms with Crippen LogP contribution in [0.5, 0.6) is 0 Å². The normalized spacial score (nSPS) is 13.4. The maximum absolute atomic E-state index is 3.94. The molecule has 0 bridgehead atoms. The molecule has 0 aliphatic rings. The molecule has 0 saturated carbocycles. The topological polar surface area (TPSA) is 6.48 Å². The van der Waals surface area contributed by atoms with Crippen molar-refractivity contribution in [2.75, 3.05) is 22.2 Å². The van der Waals surface area contributed by atoms with Gasteiger partial charge in [-0.2, -0.15) is 0 Å². The fourth-order valence-electron chi connectivity index (χ4n) is 5.44. The average Bonchev–Trinajstić information content (AvgIpc) is 3.15. The van der Waals surface area contributed by atoms with Gasteiger partial charge in [-0.3, -0.25) is 0 Å². The van der Waals surface area contributed by atoms with Gasteiger partial charge < -0.3 is 9.80 Å². The Morgan fingerprint density at radius 1 is 0.852 bits per heavy atom. The third kappa shape index (κ3) is 22.7. The van der Waals surface area contributed by atoms with Crippen LogP contribution in [0.2, 0.25) is 0 Å². The predicted octanol–water partition coefficient (Wildman–Crippen LogP) is 17.6. The third-order valence-corrected chi connectivity index (χ3v) is 9.50. The Hall–Kier alpha value is -2.56. The highest BCUT2D eigenvalue weighted by Gasteiger charge is 2.19. The van der Waals surface area contributed by atoms with Crippen molar-refractivity contribution < 1.29 is 0 Å². The number of hydrogen-bond acceptors (Lipinski definition) is 2. The zero-order chi connectivity index (χ0) is 42.5. The Morgan fingerprint density at radius 2 is 1.39 bits per heavy atom. The molecule has 0 fully saturated rings. The summed E-state index contributed by atoms with van der Waals surface area (Å²) < 4.78 is 1.21. The van der Waals surface area contributed by atoms with Gasteiger partial charge in [0.05, 0.1) is 0 Å². The summed E-state index contributed by atoms with van der Waals surface area (Å²) in [6, 6.07) is 9.43. The summed E-state index contributed by atoms with van der Waals surface area (Å²) in [5.74, 6) is 1.81. The molecule has 54 heavy (non-hydrogen) atoms. The largest absolute Gasteiger partial charge is 0.341 e. The first-order chi connectivity index (χ1) is 25.4. The third-order valence-electron chi connectivity index (χ3n) is 8.72. The molecule has 0 aromatic heterocycles. The van der Waals surface area contributed by atoms with Gasteiger partial charge in [-0.15, -0.1) is 6.58 Å². The van der Waals surface area contributed by atoms with Crippen LogP contribution in [0.4, 0.5) is 11.4 Å².